The Bertz CT molecular complexity index is 437. The van der Waals surface area contributed by atoms with Gasteiger partial charge in [-0.25, -0.2) is 4.98 Å². The zero-order valence-corrected chi connectivity index (χ0v) is 11.6. The van der Waals surface area contributed by atoms with Crippen molar-refractivity contribution in [1.82, 2.24) is 4.98 Å². The summed E-state index contributed by atoms with van der Waals surface area (Å²) in [6.45, 7) is 1.64. The summed E-state index contributed by atoms with van der Waals surface area (Å²) in [6, 6.07) is 1.83. The van der Waals surface area contributed by atoms with Crippen LogP contribution in [-0.4, -0.2) is 23.9 Å². The molecule has 1 aliphatic rings. The van der Waals surface area contributed by atoms with Gasteiger partial charge in [-0.05, 0) is 34.8 Å². The largest absolute Gasteiger partial charge is 0.387 e. The van der Waals surface area contributed by atoms with Crippen LogP contribution in [0.1, 0.15) is 12.8 Å². The number of hydrogen-bond donors (Lipinski definition) is 2. The SMILES string of the molecule is N=C(N)C1CCCN(c2ncc(Br)cc2Cl)C1. The molecule has 4 nitrogen and oxygen atoms in total. The molecule has 0 aromatic carbocycles. The van der Waals surface area contributed by atoms with Crippen molar-refractivity contribution < 1.29 is 0 Å². The number of amidine groups is 1. The van der Waals surface area contributed by atoms with E-state index in [1.54, 1.807) is 6.20 Å². The molecule has 6 heteroatoms. The number of nitrogens with two attached hydrogens (primary N) is 1. The van der Waals surface area contributed by atoms with E-state index >= 15 is 0 Å². The van der Waals surface area contributed by atoms with E-state index in [2.05, 4.69) is 25.8 Å². The summed E-state index contributed by atoms with van der Waals surface area (Å²) in [4.78, 5) is 6.43. The normalized spacial score (nSPS) is 20.4. The lowest BCUT2D eigenvalue weighted by Crippen LogP contribution is -2.41. The Morgan fingerprint density at radius 3 is 3.06 bits per heavy atom. The van der Waals surface area contributed by atoms with Gasteiger partial charge in [-0.3, -0.25) is 5.41 Å². The van der Waals surface area contributed by atoms with Gasteiger partial charge >= 0.3 is 0 Å². The van der Waals surface area contributed by atoms with Crippen LogP contribution in [0.15, 0.2) is 16.7 Å². The van der Waals surface area contributed by atoms with Crippen molar-refractivity contribution in [3.63, 3.8) is 0 Å². The second-order valence-electron chi connectivity index (χ2n) is 4.20. The van der Waals surface area contributed by atoms with Crippen LogP contribution in [-0.2, 0) is 0 Å². The Labute approximate surface area is 114 Å². The average molecular weight is 318 g/mol. The summed E-state index contributed by atoms with van der Waals surface area (Å²) in [6.07, 6.45) is 3.72. The van der Waals surface area contributed by atoms with Crippen molar-refractivity contribution in [3.8, 4) is 0 Å². The molecule has 0 saturated carbocycles. The molecule has 0 aliphatic carbocycles. The van der Waals surface area contributed by atoms with Gasteiger partial charge in [0.05, 0.1) is 10.9 Å². The van der Waals surface area contributed by atoms with Gasteiger partial charge in [0, 0.05) is 29.7 Å². The molecular weight excluding hydrogens is 304 g/mol. The van der Waals surface area contributed by atoms with E-state index in [1.807, 2.05) is 6.07 Å². The van der Waals surface area contributed by atoms with Gasteiger partial charge in [-0.1, -0.05) is 11.6 Å². The maximum atomic E-state index is 7.52. The zero-order chi connectivity index (χ0) is 12.4. The van der Waals surface area contributed by atoms with Crippen molar-refractivity contribution >= 4 is 39.2 Å². The fourth-order valence-electron chi connectivity index (χ4n) is 2.06. The highest BCUT2D eigenvalue weighted by molar-refractivity contribution is 9.10. The van der Waals surface area contributed by atoms with Crippen LogP contribution in [0.5, 0.6) is 0 Å². The van der Waals surface area contributed by atoms with Crippen molar-refractivity contribution in [2.24, 2.45) is 11.7 Å². The quantitative estimate of drug-likeness (QED) is 0.651. The highest BCUT2D eigenvalue weighted by Crippen LogP contribution is 2.29. The second kappa shape index (κ2) is 5.23. The van der Waals surface area contributed by atoms with Crippen LogP contribution >= 0.6 is 27.5 Å². The molecule has 92 valence electrons. The third kappa shape index (κ3) is 2.90. The molecule has 0 bridgehead atoms. The van der Waals surface area contributed by atoms with Crippen molar-refractivity contribution in [1.29, 1.82) is 5.41 Å². The molecular formula is C11H14BrClN4. The molecule has 0 spiro atoms. The lowest BCUT2D eigenvalue weighted by Gasteiger charge is -2.33. The smallest absolute Gasteiger partial charge is 0.147 e. The summed E-state index contributed by atoms with van der Waals surface area (Å²) in [7, 11) is 0. The number of pyridine rings is 1. The van der Waals surface area contributed by atoms with Crippen LogP contribution in [0.3, 0.4) is 0 Å². The van der Waals surface area contributed by atoms with Crippen LogP contribution in [0.2, 0.25) is 5.02 Å². The first-order chi connectivity index (χ1) is 8.08. The minimum atomic E-state index is 0.116. The Kier molecular flexibility index (Phi) is 3.89. The van der Waals surface area contributed by atoms with E-state index in [4.69, 9.17) is 22.7 Å². The Morgan fingerprint density at radius 2 is 2.41 bits per heavy atom. The first-order valence-electron chi connectivity index (χ1n) is 5.48. The number of nitrogens with zero attached hydrogens (tertiary/aromatic N) is 2. The molecule has 1 atom stereocenters. The maximum absolute atomic E-state index is 7.52. The first-order valence-corrected chi connectivity index (χ1v) is 6.65. The minimum absolute atomic E-state index is 0.116. The zero-order valence-electron chi connectivity index (χ0n) is 9.29. The molecule has 1 aromatic rings. The molecule has 1 unspecified atom stereocenters. The molecule has 2 rings (SSSR count). The van der Waals surface area contributed by atoms with E-state index in [0.717, 1.165) is 36.2 Å². The van der Waals surface area contributed by atoms with E-state index in [-0.39, 0.29) is 11.8 Å². The van der Waals surface area contributed by atoms with Crippen LogP contribution in [0, 0.1) is 11.3 Å². The molecule has 1 aromatic heterocycles. The molecule has 1 saturated heterocycles. The minimum Gasteiger partial charge on any atom is -0.387 e. The van der Waals surface area contributed by atoms with Crippen LogP contribution in [0.25, 0.3) is 0 Å². The topological polar surface area (TPSA) is 66.0 Å². The molecule has 0 amide bonds. The predicted octanol–water partition coefficient (Wildman–Crippen LogP) is 2.65. The van der Waals surface area contributed by atoms with Crippen LogP contribution < -0.4 is 10.6 Å². The molecule has 0 radical (unpaired) electrons. The summed E-state index contributed by atoms with van der Waals surface area (Å²) >= 11 is 9.51. The lowest BCUT2D eigenvalue weighted by atomic mass is 9.97. The number of nitrogens with one attached hydrogen (secondary N) is 1. The maximum Gasteiger partial charge on any atom is 0.147 e. The lowest BCUT2D eigenvalue weighted by molar-refractivity contribution is 0.500. The summed E-state index contributed by atoms with van der Waals surface area (Å²) in [5, 5.41) is 8.15. The number of piperidine rings is 1. The first kappa shape index (κ1) is 12.6. The van der Waals surface area contributed by atoms with Gasteiger partial charge in [-0.15, -0.1) is 0 Å². The van der Waals surface area contributed by atoms with E-state index in [0.29, 0.717) is 5.02 Å². The Balaban J connectivity index is 2.19. The third-order valence-electron chi connectivity index (χ3n) is 2.95. The highest BCUT2D eigenvalue weighted by Gasteiger charge is 2.24. The summed E-state index contributed by atoms with van der Waals surface area (Å²) < 4.78 is 0.867. The number of rotatable bonds is 2. The third-order valence-corrected chi connectivity index (χ3v) is 3.66. The fourth-order valence-corrected chi connectivity index (χ4v) is 2.81. The van der Waals surface area contributed by atoms with Gasteiger partial charge in [-0.2, -0.15) is 0 Å². The number of halogens is 2. The van der Waals surface area contributed by atoms with Gasteiger partial charge in [0.25, 0.3) is 0 Å². The predicted molar refractivity (Wildman–Crippen MR) is 73.8 cm³/mol. The van der Waals surface area contributed by atoms with Crippen LogP contribution in [0.4, 0.5) is 5.82 Å². The van der Waals surface area contributed by atoms with E-state index in [1.165, 1.54) is 0 Å². The van der Waals surface area contributed by atoms with Crippen molar-refractivity contribution in [2.45, 2.75) is 12.8 Å². The number of anilines is 1. The molecule has 17 heavy (non-hydrogen) atoms. The monoisotopic (exact) mass is 316 g/mol. The standard InChI is InChI=1S/C11H14BrClN4/c12-8-4-9(13)11(16-5-8)17-3-1-2-7(6-17)10(14)15/h4-5,7H,1-3,6H2,(H3,14,15). The molecule has 2 heterocycles. The van der Waals surface area contributed by atoms with Gasteiger partial charge < -0.3 is 10.6 Å². The average Bonchev–Trinajstić information content (AvgIpc) is 2.29. The number of hydrogen-bond acceptors (Lipinski definition) is 3. The van der Waals surface area contributed by atoms with Gasteiger partial charge in [0.15, 0.2) is 0 Å². The van der Waals surface area contributed by atoms with Crippen molar-refractivity contribution in [3.05, 3.63) is 21.8 Å². The van der Waals surface area contributed by atoms with Gasteiger partial charge in [0.1, 0.15) is 5.82 Å². The molecule has 1 aliphatic heterocycles. The fraction of sp³-hybridized carbons (Fsp3) is 0.455. The van der Waals surface area contributed by atoms with E-state index in [9.17, 15) is 0 Å². The summed E-state index contributed by atoms with van der Waals surface area (Å²) in [5.41, 5.74) is 5.57. The van der Waals surface area contributed by atoms with Gasteiger partial charge in [0.2, 0.25) is 0 Å². The van der Waals surface area contributed by atoms with E-state index < -0.39 is 0 Å². The molecule has 1 fully saturated rings. The molecule has 3 N–H and O–H groups in total. The number of aromatic nitrogens is 1. The Morgan fingerprint density at radius 1 is 1.65 bits per heavy atom. The summed E-state index contributed by atoms with van der Waals surface area (Å²) in [5.74, 6) is 1.15. The van der Waals surface area contributed by atoms with Crippen molar-refractivity contribution in [2.75, 3.05) is 18.0 Å². The second-order valence-corrected chi connectivity index (χ2v) is 5.52. The Hall–Kier alpha value is -0.810. The highest BCUT2D eigenvalue weighted by atomic mass is 79.9.